The summed E-state index contributed by atoms with van der Waals surface area (Å²) in [5, 5.41) is 11.7. The average Bonchev–Trinajstić information content (AvgIpc) is 3.02. The predicted octanol–water partition coefficient (Wildman–Crippen LogP) is 3.47. The molecule has 2 aromatic rings. The molecule has 1 aliphatic rings. The standard InChI is InChI=1S/C21H18F2N2O6S/c1-30-16-10-12(6-7-15(16)31-20(22)23)11-17-19(28)25(21(29)32-17)9-8-24-18(27)13-4-2-3-5-14(13)26/h2-7,10-11,20,26H,8-9H2,1H3,(H,24,27)/b17-11-. The first-order valence-electron chi connectivity index (χ1n) is 9.24. The van der Waals surface area contributed by atoms with Crippen molar-refractivity contribution < 1.29 is 37.7 Å². The van der Waals surface area contributed by atoms with Gasteiger partial charge in [0, 0.05) is 13.1 Å². The van der Waals surface area contributed by atoms with Gasteiger partial charge in [0.1, 0.15) is 5.75 Å². The number of phenolic OH excluding ortho intramolecular Hbond substituents is 1. The Morgan fingerprint density at radius 3 is 2.66 bits per heavy atom. The van der Waals surface area contributed by atoms with Crippen LogP contribution in [0.4, 0.5) is 13.6 Å². The summed E-state index contributed by atoms with van der Waals surface area (Å²) in [6.45, 7) is -3.09. The van der Waals surface area contributed by atoms with Crippen LogP contribution in [0.5, 0.6) is 17.2 Å². The summed E-state index contributed by atoms with van der Waals surface area (Å²) < 4.78 is 34.3. The highest BCUT2D eigenvalue weighted by Crippen LogP contribution is 2.34. The van der Waals surface area contributed by atoms with Gasteiger partial charge in [-0.2, -0.15) is 8.78 Å². The maximum absolute atomic E-state index is 12.6. The Morgan fingerprint density at radius 2 is 1.97 bits per heavy atom. The third-order valence-corrected chi connectivity index (χ3v) is 5.25. The minimum atomic E-state index is -3.02. The largest absolute Gasteiger partial charge is 0.507 e. The fraction of sp³-hybridized carbons (Fsp3) is 0.190. The van der Waals surface area contributed by atoms with E-state index in [1.807, 2.05) is 0 Å². The number of nitrogens with one attached hydrogen (secondary N) is 1. The van der Waals surface area contributed by atoms with Crippen LogP contribution >= 0.6 is 11.8 Å². The molecule has 1 saturated heterocycles. The van der Waals surface area contributed by atoms with Gasteiger partial charge in [-0.15, -0.1) is 0 Å². The van der Waals surface area contributed by atoms with Gasteiger partial charge < -0.3 is 19.9 Å². The molecule has 3 rings (SSSR count). The van der Waals surface area contributed by atoms with Crippen LogP contribution in [-0.4, -0.2) is 53.9 Å². The molecular formula is C21H18F2N2O6S. The molecule has 0 atom stereocenters. The third kappa shape index (κ3) is 5.35. The Kier molecular flexibility index (Phi) is 7.31. The zero-order valence-corrected chi connectivity index (χ0v) is 17.5. The molecule has 0 bridgehead atoms. The summed E-state index contributed by atoms with van der Waals surface area (Å²) >= 11 is 0.716. The van der Waals surface area contributed by atoms with Crippen LogP contribution in [0.2, 0.25) is 0 Å². The highest BCUT2D eigenvalue weighted by molar-refractivity contribution is 8.18. The summed E-state index contributed by atoms with van der Waals surface area (Å²) in [5.41, 5.74) is 0.525. The number of para-hydroxylation sites is 1. The first-order chi connectivity index (χ1) is 15.3. The van der Waals surface area contributed by atoms with E-state index in [2.05, 4.69) is 10.1 Å². The van der Waals surface area contributed by atoms with E-state index in [1.165, 1.54) is 43.5 Å². The highest BCUT2D eigenvalue weighted by Gasteiger charge is 2.34. The number of carbonyl (C=O) groups excluding carboxylic acids is 3. The molecule has 11 heteroatoms. The van der Waals surface area contributed by atoms with Gasteiger partial charge in [0.05, 0.1) is 17.6 Å². The Hall–Kier alpha value is -3.60. The number of hydrogen-bond donors (Lipinski definition) is 2. The molecule has 0 spiro atoms. The van der Waals surface area contributed by atoms with E-state index in [9.17, 15) is 28.3 Å². The Morgan fingerprint density at radius 1 is 1.22 bits per heavy atom. The summed E-state index contributed by atoms with van der Waals surface area (Å²) in [4.78, 5) is 38.1. The van der Waals surface area contributed by atoms with Crippen molar-refractivity contribution in [1.29, 1.82) is 0 Å². The average molecular weight is 464 g/mol. The van der Waals surface area contributed by atoms with Crippen molar-refractivity contribution in [2.45, 2.75) is 6.61 Å². The molecule has 3 amide bonds. The van der Waals surface area contributed by atoms with Crippen LogP contribution in [0.25, 0.3) is 6.08 Å². The van der Waals surface area contributed by atoms with Gasteiger partial charge in [-0.05, 0) is 47.7 Å². The van der Waals surface area contributed by atoms with Gasteiger partial charge in [-0.1, -0.05) is 18.2 Å². The molecule has 2 N–H and O–H groups in total. The third-order valence-electron chi connectivity index (χ3n) is 4.34. The number of carbonyl (C=O) groups is 3. The van der Waals surface area contributed by atoms with Crippen molar-refractivity contribution >= 4 is 34.9 Å². The van der Waals surface area contributed by atoms with Crippen molar-refractivity contribution in [3.63, 3.8) is 0 Å². The van der Waals surface area contributed by atoms with Gasteiger partial charge in [-0.3, -0.25) is 19.3 Å². The number of imide groups is 1. The van der Waals surface area contributed by atoms with Crippen LogP contribution in [0.15, 0.2) is 47.4 Å². The van der Waals surface area contributed by atoms with Gasteiger partial charge >= 0.3 is 6.61 Å². The Labute approximate surface area is 185 Å². The zero-order chi connectivity index (χ0) is 23.3. The van der Waals surface area contributed by atoms with E-state index in [0.717, 1.165) is 4.90 Å². The molecule has 1 fully saturated rings. The first kappa shape index (κ1) is 23.1. The lowest BCUT2D eigenvalue weighted by Gasteiger charge is -2.13. The number of phenols is 1. The highest BCUT2D eigenvalue weighted by atomic mass is 32.2. The lowest BCUT2D eigenvalue weighted by atomic mass is 10.2. The van der Waals surface area contributed by atoms with Crippen LogP contribution in [0.1, 0.15) is 15.9 Å². The summed E-state index contributed by atoms with van der Waals surface area (Å²) in [5.74, 6) is -1.38. The van der Waals surface area contributed by atoms with Gasteiger partial charge in [-0.25, -0.2) is 0 Å². The molecule has 32 heavy (non-hydrogen) atoms. The van der Waals surface area contributed by atoms with Gasteiger partial charge in [0.25, 0.3) is 17.1 Å². The van der Waals surface area contributed by atoms with E-state index in [0.29, 0.717) is 17.3 Å². The van der Waals surface area contributed by atoms with Crippen LogP contribution in [0.3, 0.4) is 0 Å². The number of alkyl halides is 2. The van der Waals surface area contributed by atoms with E-state index < -0.39 is 23.7 Å². The molecule has 0 radical (unpaired) electrons. The Bertz CT molecular complexity index is 1080. The van der Waals surface area contributed by atoms with Crippen molar-refractivity contribution in [2.75, 3.05) is 20.2 Å². The second kappa shape index (κ2) is 10.1. The van der Waals surface area contributed by atoms with Gasteiger partial charge in [0.15, 0.2) is 11.5 Å². The summed E-state index contributed by atoms with van der Waals surface area (Å²) in [7, 11) is 1.29. The molecular weight excluding hydrogens is 446 g/mol. The lowest BCUT2D eigenvalue weighted by Crippen LogP contribution is -2.37. The number of halogens is 2. The number of hydrogen-bond acceptors (Lipinski definition) is 7. The molecule has 0 aromatic heterocycles. The minimum absolute atomic E-state index is 0.00796. The number of thioether (sulfide) groups is 1. The number of methoxy groups -OCH3 is 1. The van der Waals surface area contributed by atoms with E-state index >= 15 is 0 Å². The van der Waals surface area contributed by atoms with Crippen molar-refractivity contribution in [1.82, 2.24) is 10.2 Å². The molecule has 1 heterocycles. The van der Waals surface area contributed by atoms with Crippen molar-refractivity contribution in [3.05, 3.63) is 58.5 Å². The monoisotopic (exact) mass is 464 g/mol. The zero-order valence-electron chi connectivity index (χ0n) is 16.7. The molecule has 0 aliphatic carbocycles. The van der Waals surface area contributed by atoms with Gasteiger partial charge in [0.2, 0.25) is 0 Å². The molecule has 1 aliphatic heterocycles. The van der Waals surface area contributed by atoms with Crippen LogP contribution < -0.4 is 14.8 Å². The number of amides is 3. The van der Waals surface area contributed by atoms with Crippen molar-refractivity contribution in [3.8, 4) is 17.2 Å². The number of rotatable bonds is 8. The second-order valence-electron chi connectivity index (χ2n) is 6.40. The summed E-state index contributed by atoms with van der Waals surface area (Å²) in [6, 6.07) is 10.1. The molecule has 2 aromatic carbocycles. The molecule has 0 saturated carbocycles. The lowest BCUT2D eigenvalue weighted by molar-refractivity contribution is -0.122. The van der Waals surface area contributed by atoms with E-state index in [1.54, 1.807) is 12.1 Å². The van der Waals surface area contributed by atoms with Crippen LogP contribution in [-0.2, 0) is 4.79 Å². The number of benzene rings is 2. The molecule has 8 nitrogen and oxygen atoms in total. The van der Waals surface area contributed by atoms with E-state index in [-0.39, 0.29) is 40.8 Å². The predicted molar refractivity (Wildman–Crippen MR) is 113 cm³/mol. The fourth-order valence-electron chi connectivity index (χ4n) is 2.85. The molecule has 168 valence electrons. The van der Waals surface area contributed by atoms with E-state index in [4.69, 9.17) is 4.74 Å². The smallest absolute Gasteiger partial charge is 0.387 e. The normalized spacial score (nSPS) is 14.9. The number of nitrogens with zero attached hydrogens (tertiary/aromatic N) is 1. The topological polar surface area (TPSA) is 105 Å². The maximum Gasteiger partial charge on any atom is 0.387 e. The molecule has 0 unspecified atom stereocenters. The number of ether oxygens (including phenoxy) is 2. The summed E-state index contributed by atoms with van der Waals surface area (Å²) in [6.07, 6.45) is 1.43. The minimum Gasteiger partial charge on any atom is -0.507 e. The fourth-order valence-corrected chi connectivity index (χ4v) is 3.72. The Balaban J connectivity index is 1.65. The first-order valence-corrected chi connectivity index (χ1v) is 10.1. The van der Waals surface area contributed by atoms with Crippen molar-refractivity contribution in [2.24, 2.45) is 0 Å². The second-order valence-corrected chi connectivity index (χ2v) is 7.39. The SMILES string of the molecule is COc1cc(/C=C2\SC(=O)N(CCNC(=O)c3ccccc3O)C2=O)ccc1OC(F)F. The number of aromatic hydroxyl groups is 1. The van der Waals surface area contributed by atoms with Crippen LogP contribution in [0, 0.1) is 0 Å². The maximum atomic E-state index is 12.6. The quantitative estimate of drug-likeness (QED) is 0.577.